The Kier molecular flexibility index (Phi) is 6.82. The molecule has 1 amide bonds. The fraction of sp³-hybridized carbons (Fsp3) is 0.700. The van der Waals surface area contributed by atoms with E-state index in [2.05, 4.69) is 29.8 Å². The molecule has 1 saturated heterocycles. The Bertz CT molecular complexity index is 568. The van der Waals surface area contributed by atoms with E-state index in [0.717, 1.165) is 37.3 Å². The van der Waals surface area contributed by atoms with Crippen molar-refractivity contribution in [1.29, 1.82) is 0 Å². The number of hydrogen-bond donors (Lipinski definition) is 0. The summed E-state index contributed by atoms with van der Waals surface area (Å²) in [5.41, 5.74) is 0.626. The second-order valence-corrected chi connectivity index (χ2v) is 7.69. The molecule has 1 aliphatic heterocycles. The average Bonchev–Trinajstić information content (AvgIpc) is 2.58. The van der Waals surface area contributed by atoms with Crippen molar-refractivity contribution in [2.24, 2.45) is 0 Å². The van der Waals surface area contributed by atoms with Crippen LogP contribution in [-0.4, -0.2) is 41.2 Å². The van der Waals surface area contributed by atoms with Crippen LogP contribution in [0, 0.1) is 0 Å². The van der Waals surface area contributed by atoms with E-state index in [-0.39, 0.29) is 6.09 Å². The highest BCUT2D eigenvalue weighted by Crippen LogP contribution is 2.35. The van der Waals surface area contributed by atoms with Crippen molar-refractivity contribution in [3.8, 4) is 0 Å². The molecule has 0 N–H and O–H groups in total. The molecule has 0 aromatic carbocycles. The smallest absolute Gasteiger partial charge is 0.416 e. The maximum absolute atomic E-state index is 12.8. The van der Waals surface area contributed by atoms with Gasteiger partial charge in [-0.15, -0.1) is 0 Å². The van der Waals surface area contributed by atoms with Crippen molar-refractivity contribution >= 4 is 11.9 Å². The number of carbonyl (C=O) groups is 1. The second kappa shape index (κ2) is 8.65. The third-order valence-corrected chi connectivity index (χ3v) is 4.51. The monoisotopic (exact) mass is 347 g/mol. The van der Waals surface area contributed by atoms with Gasteiger partial charge in [-0.2, -0.15) is 0 Å². The van der Waals surface area contributed by atoms with Crippen LogP contribution in [0.3, 0.4) is 0 Å². The van der Waals surface area contributed by atoms with Gasteiger partial charge in [0.2, 0.25) is 0 Å². The summed E-state index contributed by atoms with van der Waals surface area (Å²) < 4.78 is 5.64. The standard InChI is InChI=1S/C20H33N3O2/c1-6-14-23(19(24)25-20(3,4)5)18-16(11-10-13-21-18)17-12-8-9-15-22(17)7-2/h10-11,13,17H,6-9,12,14-15H2,1-5H3. The summed E-state index contributed by atoms with van der Waals surface area (Å²) in [7, 11) is 0. The van der Waals surface area contributed by atoms with E-state index in [1.807, 2.05) is 26.8 Å². The molecule has 1 aromatic rings. The maximum Gasteiger partial charge on any atom is 0.416 e. The molecule has 1 aromatic heterocycles. The van der Waals surface area contributed by atoms with Crippen LogP contribution >= 0.6 is 0 Å². The molecule has 5 nitrogen and oxygen atoms in total. The van der Waals surface area contributed by atoms with Crippen LogP contribution in [0.4, 0.5) is 10.6 Å². The first kappa shape index (κ1) is 19.7. The van der Waals surface area contributed by atoms with Gasteiger partial charge in [-0.05, 0) is 59.2 Å². The van der Waals surface area contributed by atoms with Crippen molar-refractivity contribution < 1.29 is 9.53 Å². The summed E-state index contributed by atoms with van der Waals surface area (Å²) in [5, 5.41) is 0. The van der Waals surface area contributed by atoms with E-state index in [0.29, 0.717) is 12.6 Å². The van der Waals surface area contributed by atoms with Crippen LogP contribution in [0.15, 0.2) is 18.3 Å². The maximum atomic E-state index is 12.8. The number of carbonyl (C=O) groups excluding carboxylic acids is 1. The molecule has 1 unspecified atom stereocenters. The molecule has 25 heavy (non-hydrogen) atoms. The molecule has 1 fully saturated rings. The normalized spacial score (nSPS) is 18.8. The Balaban J connectivity index is 2.36. The van der Waals surface area contributed by atoms with E-state index in [4.69, 9.17) is 4.74 Å². The minimum Gasteiger partial charge on any atom is -0.443 e. The van der Waals surface area contributed by atoms with Gasteiger partial charge in [0.25, 0.3) is 0 Å². The lowest BCUT2D eigenvalue weighted by Gasteiger charge is -2.37. The quantitative estimate of drug-likeness (QED) is 0.769. The van der Waals surface area contributed by atoms with Crippen molar-refractivity contribution in [2.75, 3.05) is 24.5 Å². The zero-order chi connectivity index (χ0) is 18.4. The van der Waals surface area contributed by atoms with Gasteiger partial charge >= 0.3 is 6.09 Å². The van der Waals surface area contributed by atoms with Gasteiger partial charge < -0.3 is 4.74 Å². The Morgan fingerprint density at radius 2 is 2.12 bits per heavy atom. The Hall–Kier alpha value is -1.62. The number of amides is 1. The fourth-order valence-electron chi connectivity index (χ4n) is 3.44. The predicted molar refractivity (Wildman–Crippen MR) is 102 cm³/mol. The Labute approximate surface area is 152 Å². The molecule has 2 rings (SSSR count). The van der Waals surface area contributed by atoms with Gasteiger partial charge in [0, 0.05) is 24.3 Å². The van der Waals surface area contributed by atoms with Crippen LogP contribution in [0.2, 0.25) is 0 Å². The van der Waals surface area contributed by atoms with Crippen molar-refractivity contribution in [2.45, 2.75) is 71.9 Å². The van der Waals surface area contributed by atoms with Gasteiger partial charge in [-0.25, -0.2) is 9.78 Å². The zero-order valence-corrected chi connectivity index (χ0v) is 16.4. The lowest BCUT2D eigenvalue weighted by Crippen LogP contribution is -2.40. The van der Waals surface area contributed by atoms with Gasteiger partial charge in [0.15, 0.2) is 0 Å². The third-order valence-electron chi connectivity index (χ3n) is 4.51. The summed E-state index contributed by atoms with van der Waals surface area (Å²) in [6.07, 6.45) is 5.89. The second-order valence-electron chi connectivity index (χ2n) is 7.69. The lowest BCUT2D eigenvalue weighted by atomic mass is 9.95. The molecule has 0 saturated carbocycles. The van der Waals surface area contributed by atoms with Crippen LogP contribution in [0.1, 0.15) is 71.9 Å². The number of aromatic nitrogens is 1. The van der Waals surface area contributed by atoms with Gasteiger partial charge in [0.1, 0.15) is 11.4 Å². The SMILES string of the molecule is CCCN(C(=O)OC(C)(C)C)c1ncccc1C1CCCCN1CC. The summed E-state index contributed by atoms with van der Waals surface area (Å²) in [6, 6.07) is 4.42. The molecule has 2 heterocycles. The lowest BCUT2D eigenvalue weighted by molar-refractivity contribution is 0.0578. The number of likely N-dealkylation sites (tertiary alicyclic amines) is 1. The zero-order valence-electron chi connectivity index (χ0n) is 16.4. The van der Waals surface area contributed by atoms with E-state index in [1.165, 1.54) is 12.8 Å². The minimum atomic E-state index is -0.516. The topological polar surface area (TPSA) is 45.7 Å². The molecule has 1 atom stereocenters. The minimum absolute atomic E-state index is 0.312. The van der Waals surface area contributed by atoms with Crippen molar-refractivity contribution in [3.63, 3.8) is 0 Å². The number of rotatable bonds is 5. The van der Waals surface area contributed by atoms with E-state index >= 15 is 0 Å². The summed E-state index contributed by atoms with van der Waals surface area (Å²) >= 11 is 0. The molecule has 140 valence electrons. The number of piperidine rings is 1. The molecule has 5 heteroatoms. The molecule has 0 spiro atoms. The average molecular weight is 348 g/mol. The van der Waals surface area contributed by atoms with Gasteiger partial charge in [-0.3, -0.25) is 9.80 Å². The van der Waals surface area contributed by atoms with Crippen LogP contribution < -0.4 is 4.90 Å². The number of hydrogen-bond acceptors (Lipinski definition) is 4. The van der Waals surface area contributed by atoms with Crippen LogP contribution in [-0.2, 0) is 4.74 Å². The predicted octanol–water partition coefficient (Wildman–Crippen LogP) is 4.78. The third kappa shape index (κ3) is 5.18. The molecule has 0 radical (unpaired) electrons. The molecular weight excluding hydrogens is 314 g/mol. The Morgan fingerprint density at radius 1 is 1.36 bits per heavy atom. The molecule has 0 bridgehead atoms. The highest BCUT2D eigenvalue weighted by Gasteiger charge is 2.30. The van der Waals surface area contributed by atoms with E-state index in [9.17, 15) is 4.79 Å². The summed E-state index contributed by atoms with van der Waals surface area (Å²) in [6.45, 7) is 12.7. The molecular formula is C20H33N3O2. The number of ether oxygens (including phenoxy) is 1. The first-order chi connectivity index (χ1) is 11.9. The molecule has 0 aliphatic carbocycles. The summed E-state index contributed by atoms with van der Waals surface area (Å²) in [4.78, 5) is 21.6. The number of nitrogens with zero attached hydrogens (tertiary/aromatic N) is 3. The Morgan fingerprint density at radius 3 is 2.76 bits per heavy atom. The largest absolute Gasteiger partial charge is 0.443 e. The van der Waals surface area contributed by atoms with Gasteiger partial charge in [0.05, 0.1) is 0 Å². The van der Waals surface area contributed by atoms with Crippen LogP contribution in [0.25, 0.3) is 0 Å². The first-order valence-electron chi connectivity index (χ1n) is 9.56. The first-order valence-corrected chi connectivity index (χ1v) is 9.56. The van der Waals surface area contributed by atoms with Gasteiger partial charge in [-0.1, -0.05) is 26.3 Å². The van der Waals surface area contributed by atoms with E-state index < -0.39 is 5.60 Å². The van der Waals surface area contributed by atoms with E-state index in [1.54, 1.807) is 11.1 Å². The van der Waals surface area contributed by atoms with Crippen molar-refractivity contribution in [3.05, 3.63) is 23.9 Å². The summed E-state index contributed by atoms with van der Waals surface area (Å²) in [5.74, 6) is 0.754. The number of pyridine rings is 1. The van der Waals surface area contributed by atoms with Crippen LogP contribution in [0.5, 0.6) is 0 Å². The highest BCUT2D eigenvalue weighted by molar-refractivity contribution is 5.87. The van der Waals surface area contributed by atoms with Crippen molar-refractivity contribution in [1.82, 2.24) is 9.88 Å². The molecule has 1 aliphatic rings. The fourth-order valence-corrected chi connectivity index (χ4v) is 3.44. The number of anilines is 1. The highest BCUT2D eigenvalue weighted by atomic mass is 16.6.